The van der Waals surface area contributed by atoms with E-state index in [9.17, 15) is 0 Å². The highest BCUT2D eigenvalue weighted by Crippen LogP contribution is 2.46. The number of pyridine rings is 1. The van der Waals surface area contributed by atoms with Gasteiger partial charge in [0.05, 0.1) is 39.1 Å². The minimum atomic E-state index is 0.955. The van der Waals surface area contributed by atoms with Crippen molar-refractivity contribution in [1.82, 2.24) is 14.1 Å². The summed E-state index contributed by atoms with van der Waals surface area (Å²) in [6.07, 6.45) is 0. The Balaban J connectivity index is 1.38. The van der Waals surface area contributed by atoms with Crippen LogP contribution in [-0.2, 0) is 0 Å². The van der Waals surface area contributed by atoms with Crippen molar-refractivity contribution in [3.05, 3.63) is 188 Å². The first-order chi connectivity index (χ1) is 26.2. The second-order valence-corrected chi connectivity index (χ2v) is 14.0. The Bertz CT molecular complexity index is 3210. The summed E-state index contributed by atoms with van der Waals surface area (Å²) in [5.41, 5.74) is 12.2. The monoisotopic (exact) mass is 675 g/mol. The molecule has 0 N–H and O–H groups in total. The van der Waals surface area contributed by atoms with E-state index in [0.717, 1.165) is 39.5 Å². The number of aryl methyl sites for hydroxylation is 1. The smallest absolute Gasteiger partial charge is 0.0950 e. The number of hydrogen-bond donors (Lipinski definition) is 0. The minimum absolute atomic E-state index is 0.955. The van der Waals surface area contributed by atoms with Crippen LogP contribution in [0.15, 0.2) is 182 Å². The molecule has 0 aliphatic carbocycles. The molecule has 0 aliphatic heterocycles. The van der Waals surface area contributed by atoms with Gasteiger partial charge in [-0.15, -0.1) is 0 Å². The second-order valence-electron chi connectivity index (χ2n) is 14.0. The first-order valence-corrected chi connectivity index (χ1v) is 18.2. The normalized spacial score (nSPS) is 11.9. The number of rotatable bonds is 4. The lowest BCUT2D eigenvalue weighted by Gasteiger charge is -2.18. The van der Waals surface area contributed by atoms with Crippen LogP contribution < -0.4 is 0 Å². The van der Waals surface area contributed by atoms with Crippen LogP contribution in [0, 0.1) is 6.92 Å². The van der Waals surface area contributed by atoms with Gasteiger partial charge in [0.2, 0.25) is 0 Å². The molecule has 0 atom stereocenters. The fraction of sp³-hybridized carbons (Fsp3) is 0.0200. The van der Waals surface area contributed by atoms with Gasteiger partial charge in [-0.2, -0.15) is 0 Å². The van der Waals surface area contributed by atoms with E-state index in [0.29, 0.717) is 0 Å². The van der Waals surface area contributed by atoms with E-state index >= 15 is 0 Å². The molecule has 0 unspecified atom stereocenters. The number of fused-ring (bicyclic) bond motifs is 10. The van der Waals surface area contributed by atoms with Crippen LogP contribution in [0.5, 0.6) is 0 Å². The Kier molecular flexibility index (Phi) is 6.47. The molecule has 0 radical (unpaired) electrons. The summed E-state index contributed by atoms with van der Waals surface area (Å²) in [4.78, 5) is 5.55. The van der Waals surface area contributed by atoms with Gasteiger partial charge < -0.3 is 9.13 Å². The van der Waals surface area contributed by atoms with Crippen LogP contribution in [0.3, 0.4) is 0 Å². The van der Waals surface area contributed by atoms with E-state index in [1.165, 1.54) is 65.2 Å². The Morgan fingerprint density at radius 3 is 1.72 bits per heavy atom. The van der Waals surface area contributed by atoms with Gasteiger partial charge in [-0.25, -0.2) is 4.98 Å². The standard InChI is InChI=1S/C50H33N3/c1-32-29-45(49(35-18-7-3-8-19-35)51-48(32)34-16-5-2-6-17-34)53-42-27-25-33-15-13-14-24-39(33)46(42)40-26-28-43-47(50(40)53)41-30-36-20-11-12-21-37(36)31-44(41)52(43)38-22-9-4-10-23-38/h2-31H,1H3. The van der Waals surface area contributed by atoms with Crippen LogP contribution >= 0.6 is 0 Å². The third-order valence-corrected chi connectivity index (χ3v) is 11.0. The molecule has 3 nitrogen and oxygen atoms in total. The molecule has 0 bridgehead atoms. The molecular weight excluding hydrogens is 643 g/mol. The van der Waals surface area contributed by atoms with Gasteiger partial charge in [0.15, 0.2) is 0 Å². The van der Waals surface area contributed by atoms with Gasteiger partial charge in [-0.1, -0.05) is 140 Å². The van der Waals surface area contributed by atoms with Crippen LogP contribution in [-0.4, -0.2) is 14.1 Å². The molecule has 0 saturated heterocycles. The molecule has 53 heavy (non-hydrogen) atoms. The van der Waals surface area contributed by atoms with E-state index in [4.69, 9.17) is 4.98 Å². The Morgan fingerprint density at radius 1 is 0.396 bits per heavy atom. The summed E-state index contributed by atoms with van der Waals surface area (Å²) >= 11 is 0. The second kappa shape index (κ2) is 11.5. The van der Waals surface area contributed by atoms with E-state index in [2.05, 4.69) is 198 Å². The Morgan fingerprint density at radius 2 is 0.981 bits per heavy atom. The van der Waals surface area contributed by atoms with Gasteiger partial charge >= 0.3 is 0 Å². The first kappa shape index (κ1) is 29.7. The highest BCUT2D eigenvalue weighted by atomic mass is 15.0. The molecule has 11 aromatic rings. The van der Waals surface area contributed by atoms with Gasteiger partial charge in [-0.3, -0.25) is 0 Å². The summed E-state index contributed by atoms with van der Waals surface area (Å²) in [7, 11) is 0. The average molecular weight is 676 g/mol. The number of aromatic nitrogens is 3. The molecule has 0 aliphatic rings. The molecule has 0 saturated carbocycles. The summed E-state index contributed by atoms with van der Waals surface area (Å²) in [5, 5.41) is 9.88. The maximum Gasteiger partial charge on any atom is 0.0950 e. The van der Waals surface area contributed by atoms with Crippen LogP contribution in [0.2, 0.25) is 0 Å². The third kappa shape index (κ3) is 4.44. The Labute approximate surface area is 306 Å². The van der Waals surface area contributed by atoms with Crippen molar-refractivity contribution < 1.29 is 0 Å². The van der Waals surface area contributed by atoms with Crippen molar-refractivity contribution in [2.75, 3.05) is 0 Å². The molecule has 0 spiro atoms. The molecule has 3 heterocycles. The lowest BCUT2D eigenvalue weighted by Crippen LogP contribution is -2.03. The fourth-order valence-electron chi connectivity index (χ4n) is 8.63. The number of benzene rings is 8. The first-order valence-electron chi connectivity index (χ1n) is 18.2. The van der Waals surface area contributed by atoms with Gasteiger partial charge in [0.1, 0.15) is 0 Å². The predicted molar refractivity (Wildman–Crippen MR) is 224 cm³/mol. The average Bonchev–Trinajstić information content (AvgIpc) is 3.73. The zero-order valence-corrected chi connectivity index (χ0v) is 29.2. The van der Waals surface area contributed by atoms with Crippen molar-refractivity contribution in [2.24, 2.45) is 0 Å². The van der Waals surface area contributed by atoms with E-state index < -0.39 is 0 Å². The summed E-state index contributed by atoms with van der Waals surface area (Å²) < 4.78 is 4.96. The van der Waals surface area contributed by atoms with Crippen molar-refractivity contribution in [3.63, 3.8) is 0 Å². The molecule has 248 valence electrons. The molecule has 11 rings (SSSR count). The lowest BCUT2D eigenvalue weighted by atomic mass is 10.0. The van der Waals surface area contributed by atoms with Crippen LogP contribution in [0.1, 0.15) is 5.56 Å². The van der Waals surface area contributed by atoms with E-state index in [1.54, 1.807) is 0 Å². The molecule has 3 heteroatoms. The van der Waals surface area contributed by atoms with Gasteiger partial charge in [-0.05, 0) is 76.5 Å². The van der Waals surface area contributed by atoms with Gasteiger partial charge in [0, 0.05) is 38.4 Å². The fourth-order valence-corrected chi connectivity index (χ4v) is 8.63. The third-order valence-electron chi connectivity index (χ3n) is 11.0. The Hall–Kier alpha value is -6.97. The number of hydrogen-bond acceptors (Lipinski definition) is 1. The molecule has 3 aromatic heterocycles. The van der Waals surface area contributed by atoms with E-state index in [1.807, 2.05) is 0 Å². The maximum absolute atomic E-state index is 5.55. The lowest BCUT2D eigenvalue weighted by molar-refractivity contribution is 1.13. The molecule has 0 amide bonds. The zero-order chi connectivity index (χ0) is 35.0. The SMILES string of the molecule is Cc1cc(-n2c3ccc4ccccc4c3c3ccc4c(c5cc6ccccc6cc5n4-c4ccccc4)c32)c(-c2ccccc2)nc1-c1ccccc1. The largest absolute Gasteiger partial charge is 0.309 e. The molecular formula is C50H33N3. The summed E-state index contributed by atoms with van der Waals surface area (Å²) in [6, 6.07) is 65.9. The summed E-state index contributed by atoms with van der Waals surface area (Å²) in [6.45, 7) is 2.19. The van der Waals surface area contributed by atoms with Crippen molar-refractivity contribution in [3.8, 4) is 33.9 Å². The van der Waals surface area contributed by atoms with Gasteiger partial charge in [0.25, 0.3) is 0 Å². The number of para-hydroxylation sites is 1. The van der Waals surface area contributed by atoms with Crippen molar-refractivity contribution in [1.29, 1.82) is 0 Å². The topological polar surface area (TPSA) is 22.8 Å². The van der Waals surface area contributed by atoms with Crippen LogP contribution in [0.4, 0.5) is 0 Å². The predicted octanol–water partition coefficient (Wildman–Crippen LogP) is 13.2. The molecule has 8 aromatic carbocycles. The minimum Gasteiger partial charge on any atom is -0.309 e. The van der Waals surface area contributed by atoms with E-state index in [-0.39, 0.29) is 0 Å². The summed E-state index contributed by atoms with van der Waals surface area (Å²) in [5.74, 6) is 0. The highest BCUT2D eigenvalue weighted by Gasteiger charge is 2.25. The van der Waals surface area contributed by atoms with Crippen LogP contribution in [0.25, 0.3) is 99.0 Å². The quantitative estimate of drug-likeness (QED) is 0.182. The zero-order valence-electron chi connectivity index (χ0n) is 29.2. The molecule has 0 fully saturated rings. The maximum atomic E-state index is 5.55. The number of nitrogens with zero attached hydrogens (tertiary/aromatic N) is 3. The van der Waals surface area contributed by atoms with Crippen molar-refractivity contribution in [2.45, 2.75) is 6.92 Å². The van der Waals surface area contributed by atoms with Crippen molar-refractivity contribution >= 4 is 65.2 Å². The highest BCUT2D eigenvalue weighted by molar-refractivity contribution is 6.31.